The Bertz CT molecular complexity index is 1010. The number of para-hydroxylation sites is 1. The van der Waals surface area contributed by atoms with Crippen molar-refractivity contribution in [1.29, 1.82) is 0 Å². The van der Waals surface area contributed by atoms with Gasteiger partial charge in [0, 0.05) is 35.1 Å². The van der Waals surface area contributed by atoms with Gasteiger partial charge in [-0.1, -0.05) is 18.2 Å². The van der Waals surface area contributed by atoms with Gasteiger partial charge in [0.1, 0.15) is 6.61 Å². The lowest BCUT2D eigenvalue weighted by molar-refractivity contribution is -0.119. The molecule has 0 radical (unpaired) electrons. The standard InChI is InChI=1S/C20H19N3O4/c1-12-18(15-5-3-4-6-16(15)21-12)19(25)20(26)23-14-9-7-13(8-10-14)22-17(24)11-27-2/h3-10,21H,11H2,1-2H3,(H,22,24)(H,23,26). The number of ether oxygens (including phenoxy) is 1. The van der Waals surface area contributed by atoms with Crippen LogP contribution in [-0.2, 0) is 14.3 Å². The largest absolute Gasteiger partial charge is 0.375 e. The summed E-state index contributed by atoms with van der Waals surface area (Å²) in [6, 6.07) is 13.8. The summed E-state index contributed by atoms with van der Waals surface area (Å²) in [6.07, 6.45) is 0. The highest BCUT2D eigenvalue weighted by molar-refractivity contribution is 6.48. The van der Waals surface area contributed by atoms with Crippen LogP contribution in [0.25, 0.3) is 10.9 Å². The maximum absolute atomic E-state index is 12.6. The highest BCUT2D eigenvalue weighted by Gasteiger charge is 2.22. The van der Waals surface area contributed by atoms with E-state index in [1.165, 1.54) is 7.11 Å². The molecule has 1 heterocycles. The molecule has 3 aromatic rings. The molecule has 0 unspecified atom stereocenters. The number of aromatic amines is 1. The van der Waals surface area contributed by atoms with Gasteiger partial charge < -0.3 is 20.4 Å². The number of rotatable bonds is 6. The molecule has 0 spiro atoms. The second-order valence-corrected chi connectivity index (χ2v) is 6.01. The molecule has 0 aliphatic carbocycles. The van der Waals surface area contributed by atoms with Crippen molar-refractivity contribution < 1.29 is 19.1 Å². The van der Waals surface area contributed by atoms with Gasteiger partial charge in [0.2, 0.25) is 5.91 Å². The van der Waals surface area contributed by atoms with Gasteiger partial charge in [-0.25, -0.2) is 0 Å². The average molecular weight is 365 g/mol. The van der Waals surface area contributed by atoms with Gasteiger partial charge in [-0.15, -0.1) is 0 Å². The maximum Gasteiger partial charge on any atom is 0.296 e. The number of Topliss-reactive ketones (excluding diaryl/α,β-unsaturated/α-hetero) is 1. The first kappa shape index (κ1) is 18.3. The lowest BCUT2D eigenvalue weighted by atomic mass is 10.1. The number of carbonyl (C=O) groups is 3. The zero-order valence-corrected chi connectivity index (χ0v) is 15.0. The van der Waals surface area contributed by atoms with E-state index < -0.39 is 11.7 Å². The predicted octanol–water partition coefficient (Wildman–Crippen LogP) is 2.88. The van der Waals surface area contributed by atoms with Gasteiger partial charge in [0.15, 0.2) is 0 Å². The van der Waals surface area contributed by atoms with Crippen LogP contribution < -0.4 is 10.6 Å². The summed E-state index contributed by atoms with van der Waals surface area (Å²) in [6.45, 7) is 1.72. The van der Waals surface area contributed by atoms with E-state index in [1.54, 1.807) is 37.3 Å². The minimum Gasteiger partial charge on any atom is -0.375 e. The number of ketones is 1. The summed E-state index contributed by atoms with van der Waals surface area (Å²) >= 11 is 0. The number of anilines is 2. The summed E-state index contributed by atoms with van der Waals surface area (Å²) in [5.41, 5.74) is 2.84. The molecular weight excluding hydrogens is 346 g/mol. The van der Waals surface area contributed by atoms with Crippen molar-refractivity contribution in [3.05, 3.63) is 59.8 Å². The van der Waals surface area contributed by atoms with Crippen LogP contribution in [0.4, 0.5) is 11.4 Å². The lowest BCUT2D eigenvalue weighted by Crippen LogP contribution is -2.23. The first-order valence-corrected chi connectivity index (χ1v) is 8.31. The molecule has 0 aliphatic heterocycles. The summed E-state index contributed by atoms with van der Waals surface area (Å²) in [4.78, 5) is 39.6. The van der Waals surface area contributed by atoms with E-state index in [2.05, 4.69) is 15.6 Å². The van der Waals surface area contributed by atoms with Gasteiger partial charge >= 0.3 is 0 Å². The van der Waals surface area contributed by atoms with Gasteiger partial charge in [-0.3, -0.25) is 14.4 Å². The van der Waals surface area contributed by atoms with Gasteiger partial charge in [-0.05, 0) is 37.3 Å². The van der Waals surface area contributed by atoms with Crippen molar-refractivity contribution >= 4 is 39.9 Å². The Morgan fingerprint density at radius 2 is 1.59 bits per heavy atom. The lowest BCUT2D eigenvalue weighted by Gasteiger charge is -2.07. The van der Waals surface area contributed by atoms with Crippen LogP contribution in [-0.4, -0.2) is 36.3 Å². The Hall–Kier alpha value is -3.45. The molecule has 7 heteroatoms. The monoisotopic (exact) mass is 365 g/mol. The van der Waals surface area contributed by atoms with Crippen molar-refractivity contribution in [3.63, 3.8) is 0 Å². The second-order valence-electron chi connectivity index (χ2n) is 6.01. The average Bonchev–Trinajstić information content (AvgIpc) is 2.98. The number of amides is 2. The van der Waals surface area contributed by atoms with E-state index >= 15 is 0 Å². The van der Waals surface area contributed by atoms with Crippen LogP contribution >= 0.6 is 0 Å². The van der Waals surface area contributed by atoms with E-state index in [0.717, 1.165) is 5.52 Å². The second kappa shape index (κ2) is 7.84. The van der Waals surface area contributed by atoms with E-state index in [-0.39, 0.29) is 12.5 Å². The number of hydrogen-bond donors (Lipinski definition) is 3. The normalized spacial score (nSPS) is 10.6. The minimum atomic E-state index is -0.723. The summed E-state index contributed by atoms with van der Waals surface area (Å²) in [7, 11) is 1.44. The fourth-order valence-electron chi connectivity index (χ4n) is 2.84. The summed E-state index contributed by atoms with van der Waals surface area (Å²) in [5, 5.41) is 5.95. The molecule has 2 amide bonds. The van der Waals surface area contributed by atoms with E-state index in [9.17, 15) is 14.4 Å². The molecule has 0 saturated heterocycles. The van der Waals surface area contributed by atoms with Crippen LogP contribution in [0.3, 0.4) is 0 Å². The van der Waals surface area contributed by atoms with Crippen LogP contribution in [0.5, 0.6) is 0 Å². The fraction of sp³-hybridized carbons (Fsp3) is 0.150. The number of methoxy groups -OCH3 is 1. The first-order chi connectivity index (χ1) is 13.0. The number of hydrogen-bond acceptors (Lipinski definition) is 4. The Balaban J connectivity index is 1.72. The Labute approximate surface area is 155 Å². The van der Waals surface area contributed by atoms with Crippen LogP contribution in [0.2, 0.25) is 0 Å². The van der Waals surface area contributed by atoms with Crippen LogP contribution in [0.15, 0.2) is 48.5 Å². The molecule has 1 aromatic heterocycles. The van der Waals surface area contributed by atoms with E-state index in [4.69, 9.17) is 4.74 Å². The van der Waals surface area contributed by atoms with Crippen molar-refractivity contribution in [2.45, 2.75) is 6.92 Å². The van der Waals surface area contributed by atoms with Crippen LogP contribution in [0.1, 0.15) is 16.1 Å². The minimum absolute atomic E-state index is 0.0447. The smallest absolute Gasteiger partial charge is 0.296 e. The van der Waals surface area contributed by atoms with Crippen molar-refractivity contribution in [2.75, 3.05) is 24.4 Å². The molecule has 3 rings (SSSR count). The maximum atomic E-state index is 12.6. The third kappa shape index (κ3) is 4.04. The molecule has 138 valence electrons. The van der Waals surface area contributed by atoms with Gasteiger partial charge in [0.25, 0.3) is 11.7 Å². The zero-order chi connectivity index (χ0) is 19.4. The molecule has 7 nitrogen and oxygen atoms in total. The molecular formula is C20H19N3O4. The molecule has 27 heavy (non-hydrogen) atoms. The number of fused-ring (bicyclic) bond motifs is 1. The fourth-order valence-corrected chi connectivity index (χ4v) is 2.84. The highest BCUT2D eigenvalue weighted by Crippen LogP contribution is 2.23. The predicted molar refractivity (Wildman–Crippen MR) is 103 cm³/mol. The molecule has 0 atom stereocenters. The molecule has 0 aliphatic rings. The molecule has 3 N–H and O–H groups in total. The molecule has 0 saturated carbocycles. The molecule has 0 fully saturated rings. The van der Waals surface area contributed by atoms with E-state index in [0.29, 0.717) is 28.0 Å². The van der Waals surface area contributed by atoms with Gasteiger partial charge in [0.05, 0.1) is 5.56 Å². The van der Waals surface area contributed by atoms with Gasteiger partial charge in [-0.2, -0.15) is 0 Å². The number of carbonyl (C=O) groups excluding carboxylic acids is 3. The SMILES string of the molecule is COCC(=O)Nc1ccc(NC(=O)C(=O)c2c(C)[nH]c3ccccc23)cc1. The number of H-pyrrole nitrogens is 1. The van der Waals surface area contributed by atoms with Crippen molar-refractivity contribution in [3.8, 4) is 0 Å². The number of aryl methyl sites for hydroxylation is 1. The van der Waals surface area contributed by atoms with Crippen molar-refractivity contribution in [2.24, 2.45) is 0 Å². The zero-order valence-electron chi connectivity index (χ0n) is 15.0. The van der Waals surface area contributed by atoms with E-state index in [1.807, 2.05) is 18.2 Å². The van der Waals surface area contributed by atoms with Crippen LogP contribution in [0, 0.1) is 6.92 Å². The first-order valence-electron chi connectivity index (χ1n) is 8.31. The number of aromatic nitrogens is 1. The molecule has 0 bridgehead atoms. The number of nitrogens with one attached hydrogen (secondary N) is 3. The quantitative estimate of drug-likeness (QED) is 0.462. The Kier molecular flexibility index (Phi) is 5.33. The Morgan fingerprint density at radius 1 is 0.963 bits per heavy atom. The third-order valence-electron chi connectivity index (χ3n) is 4.03. The number of benzene rings is 2. The Morgan fingerprint density at radius 3 is 2.26 bits per heavy atom. The summed E-state index contributed by atoms with van der Waals surface area (Å²) < 4.78 is 4.74. The van der Waals surface area contributed by atoms with Crippen molar-refractivity contribution in [1.82, 2.24) is 4.98 Å². The third-order valence-corrected chi connectivity index (χ3v) is 4.03. The highest BCUT2D eigenvalue weighted by atomic mass is 16.5. The summed E-state index contributed by atoms with van der Waals surface area (Å²) in [5.74, 6) is -1.61. The topological polar surface area (TPSA) is 100 Å². The molecule has 2 aromatic carbocycles.